The van der Waals surface area contributed by atoms with E-state index in [-0.39, 0.29) is 0 Å². The molecule has 0 atom stereocenters. The molecule has 0 aliphatic rings. The molecule has 4 heteroatoms. The number of rotatable bonds is 6. The molecule has 0 bridgehead atoms. The van der Waals surface area contributed by atoms with Crippen LogP contribution in [0, 0.1) is 0 Å². The van der Waals surface area contributed by atoms with Gasteiger partial charge in [0.15, 0.2) is 11.2 Å². The van der Waals surface area contributed by atoms with Crippen LogP contribution in [0.15, 0.2) is 251 Å². The van der Waals surface area contributed by atoms with Gasteiger partial charge < -0.3 is 18.6 Å². The van der Waals surface area contributed by atoms with Crippen LogP contribution in [-0.4, -0.2) is 0 Å². The number of anilines is 6. The third-order valence-electron chi connectivity index (χ3n) is 14.5. The van der Waals surface area contributed by atoms with Crippen molar-refractivity contribution in [3.8, 4) is 0 Å². The van der Waals surface area contributed by atoms with Crippen molar-refractivity contribution in [3.05, 3.63) is 243 Å². The fourth-order valence-corrected chi connectivity index (χ4v) is 11.2. The van der Waals surface area contributed by atoms with Crippen molar-refractivity contribution < 1.29 is 8.83 Å². The molecule has 0 saturated heterocycles. The van der Waals surface area contributed by atoms with Crippen molar-refractivity contribution in [1.29, 1.82) is 0 Å². The van der Waals surface area contributed by atoms with Crippen LogP contribution in [-0.2, 0) is 0 Å². The molecule has 0 saturated carbocycles. The molecule has 2 heterocycles. The molecule has 0 radical (unpaired) electrons. The van der Waals surface area contributed by atoms with E-state index in [1.807, 2.05) is 0 Å². The van der Waals surface area contributed by atoms with E-state index in [4.69, 9.17) is 8.83 Å². The van der Waals surface area contributed by atoms with Gasteiger partial charge >= 0.3 is 0 Å². The summed E-state index contributed by atoms with van der Waals surface area (Å²) >= 11 is 0. The second-order valence-electron chi connectivity index (χ2n) is 18.4. The highest BCUT2D eigenvalue weighted by Crippen LogP contribution is 2.46. The van der Waals surface area contributed by atoms with Crippen LogP contribution in [0.4, 0.5) is 34.1 Å². The molecule has 15 rings (SSSR count). The maximum absolute atomic E-state index is 6.96. The lowest BCUT2D eigenvalue weighted by molar-refractivity contribution is 0.637. The van der Waals surface area contributed by atoms with Crippen molar-refractivity contribution in [1.82, 2.24) is 0 Å². The Balaban J connectivity index is 0.834. The highest BCUT2D eigenvalue weighted by atomic mass is 16.4. The first kappa shape index (κ1) is 38.7. The summed E-state index contributed by atoms with van der Waals surface area (Å²) in [5, 5.41) is 18.4. The summed E-state index contributed by atoms with van der Waals surface area (Å²) in [6, 6.07) is 87.5. The molecule has 326 valence electrons. The number of hydrogen-bond acceptors (Lipinski definition) is 4. The van der Waals surface area contributed by atoms with Crippen molar-refractivity contribution in [2.24, 2.45) is 0 Å². The fourth-order valence-electron chi connectivity index (χ4n) is 11.2. The monoisotopic (exact) mass is 892 g/mol. The Kier molecular flexibility index (Phi) is 8.33. The maximum atomic E-state index is 6.96. The quantitative estimate of drug-likeness (QED) is 0.156. The zero-order valence-electron chi connectivity index (χ0n) is 37.8. The van der Waals surface area contributed by atoms with Crippen LogP contribution in [0.1, 0.15) is 0 Å². The summed E-state index contributed by atoms with van der Waals surface area (Å²) in [5.74, 6) is 0. The highest BCUT2D eigenvalue weighted by molar-refractivity contribution is 6.25. The highest BCUT2D eigenvalue weighted by Gasteiger charge is 2.21. The predicted octanol–water partition coefficient (Wildman–Crippen LogP) is 19.3. The Morgan fingerprint density at radius 2 is 0.471 bits per heavy atom. The van der Waals surface area contributed by atoms with Gasteiger partial charge in [-0.2, -0.15) is 0 Å². The summed E-state index contributed by atoms with van der Waals surface area (Å²) < 4.78 is 13.9. The summed E-state index contributed by atoms with van der Waals surface area (Å²) in [4.78, 5) is 4.68. The molecule has 0 aliphatic heterocycles. The van der Waals surface area contributed by atoms with Crippen LogP contribution in [0.25, 0.3) is 109 Å². The molecule has 15 aromatic rings. The van der Waals surface area contributed by atoms with Crippen LogP contribution in [0.3, 0.4) is 0 Å². The van der Waals surface area contributed by atoms with Gasteiger partial charge in [0.05, 0.1) is 0 Å². The number of benzene rings is 13. The zero-order chi connectivity index (χ0) is 45.9. The fraction of sp³-hybridized carbons (Fsp3) is 0. The Morgan fingerprint density at radius 3 is 0.900 bits per heavy atom. The van der Waals surface area contributed by atoms with Gasteiger partial charge in [-0.25, -0.2) is 0 Å². The standard InChI is InChI=1S/C66H40N2O2/c1-3-13-47(14-4-1)67(49-25-31-55-43(37-49)21-19-41-11-7-9-17-53(41)55)51-27-33-57-45(39-51)23-29-59-61-35-36-62-60-30-24-46-40-52(28-34-58(46)64(60)70-66(62)65(61)69-63(57)59)68(48-15-5-2-6-16-48)50-26-32-56-44(38-50)22-20-42-12-8-10-18-54(42)56/h1-40H. The average Bonchev–Trinajstić information content (AvgIpc) is 4.01. The Morgan fingerprint density at radius 1 is 0.186 bits per heavy atom. The Labute approximate surface area is 402 Å². The lowest BCUT2D eigenvalue weighted by Crippen LogP contribution is -2.09. The second-order valence-corrected chi connectivity index (χ2v) is 18.4. The minimum atomic E-state index is 0.763. The topological polar surface area (TPSA) is 32.8 Å². The molecule has 0 N–H and O–H groups in total. The van der Waals surface area contributed by atoms with Gasteiger partial charge in [0, 0.05) is 66.4 Å². The second kappa shape index (κ2) is 15.1. The van der Waals surface area contributed by atoms with Crippen molar-refractivity contribution >= 4 is 143 Å². The van der Waals surface area contributed by atoms with Gasteiger partial charge in [-0.15, -0.1) is 0 Å². The van der Waals surface area contributed by atoms with Crippen molar-refractivity contribution in [3.63, 3.8) is 0 Å². The van der Waals surface area contributed by atoms with Gasteiger partial charge in [0.25, 0.3) is 0 Å². The predicted molar refractivity (Wildman–Crippen MR) is 295 cm³/mol. The van der Waals surface area contributed by atoms with E-state index in [1.165, 1.54) is 43.1 Å². The number of para-hydroxylation sites is 2. The van der Waals surface area contributed by atoms with Crippen molar-refractivity contribution in [2.45, 2.75) is 0 Å². The van der Waals surface area contributed by atoms with Crippen LogP contribution in [0.5, 0.6) is 0 Å². The SMILES string of the molecule is c1ccc(N(c2ccc3c(ccc4ccccc43)c2)c2ccc3c(ccc4c5ccc6c7ccc8cc(N(c9ccccc9)c9ccc%10c(ccc%11ccccc%11%10)c9)ccc8c7oc6c5oc34)c2)cc1. The first-order valence-corrected chi connectivity index (χ1v) is 23.9. The molecule has 13 aromatic carbocycles. The summed E-state index contributed by atoms with van der Waals surface area (Å²) in [6.45, 7) is 0. The number of nitrogens with zero attached hydrogens (tertiary/aromatic N) is 2. The van der Waals surface area contributed by atoms with E-state index >= 15 is 0 Å². The molecule has 0 amide bonds. The third-order valence-corrected chi connectivity index (χ3v) is 14.5. The van der Waals surface area contributed by atoms with Crippen LogP contribution in [0.2, 0.25) is 0 Å². The van der Waals surface area contributed by atoms with E-state index in [2.05, 4.69) is 252 Å². The molecular formula is C66H40N2O2. The molecular weight excluding hydrogens is 853 g/mol. The lowest BCUT2D eigenvalue weighted by Gasteiger charge is -2.26. The number of hydrogen-bond donors (Lipinski definition) is 0. The van der Waals surface area contributed by atoms with Gasteiger partial charge in [-0.05, 0) is 163 Å². The number of fused-ring (bicyclic) bond motifs is 17. The summed E-state index contributed by atoms with van der Waals surface area (Å²) in [7, 11) is 0. The summed E-state index contributed by atoms with van der Waals surface area (Å²) in [6.07, 6.45) is 0. The zero-order valence-corrected chi connectivity index (χ0v) is 37.8. The Hall–Kier alpha value is -9.38. The average molecular weight is 893 g/mol. The minimum absolute atomic E-state index is 0.763. The van der Waals surface area contributed by atoms with Crippen molar-refractivity contribution in [2.75, 3.05) is 9.80 Å². The molecule has 0 unspecified atom stereocenters. The normalized spacial score (nSPS) is 12.0. The van der Waals surface area contributed by atoms with E-state index < -0.39 is 0 Å². The van der Waals surface area contributed by atoms with E-state index in [0.717, 1.165) is 99.5 Å². The van der Waals surface area contributed by atoms with Gasteiger partial charge in [0.2, 0.25) is 0 Å². The lowest BCUT2D eigenvalue weighted by atomic mass is 10.0. The summed E-state index contributed by atoms with van der Waals surface area (Å²) in [5.41, 5.74) is 9.76. The molecule has 4 nitrogen and oxygen atoms in total. The minimum Gasteiger partial charge on any atom is -0.451 e. The largest absolute Gasteiger partial charge is 0.451 e. The smallest absolute Gasteiger partial charge is 0.178 e. The molecule has 2 aromatic heterocycles. The van der Waals surface area contributed by atoms with Gasteiger partial charge in [0.1, 0.15) is 11.2 Å². The van der Waals surface area contributed by atoms with Crippen LogP contribution < -0.4 is 9.80 Å². The molecule has 70 heavy (non-hydrogen) atoms. The van der Waals surface area contributed by atoms with E-state index in [1.54, 1.807) is 0 Å². The first-order chi connectivity index (χ1) is 34.7. The van der Waals surface area contributed by atoms with Gasteiger partial charge in [-0.1, -0.05) is 133 Å². The van der Waals surface area contributed by atoms with E-state index in [9.17, 15) is 0 Å². The molecule has 0 fully saturated rings. The third kappa shape index (κ3) is 5.90. The molecule has 0 aliphatic carbocycles. The molecule has 0 spiro atoms. The Bertz CT molecular complexity index is 4310. The first-order valence-electron chi connectivity index (χ1n) is 23.9. The van der Waals surface area contributed by atoms with Crippen LogP contribution >= 0.6 is 0 Å². The number of furan rings is 2. The maximum Gasteiger partial charge on any atom is 0.178 e. The van der Waals surface area contributed by atoms with Gasteiger partial charge in [-0.3, -0.25) is 0 Å². The van der Waals surface area contributed by atoms with E-state index in [0.29, 0.717) is 0 Å².